The van der Waals surface area contributed by atoms with Crippen molar-refractivity contribution in [2.75, 3.05) is 39.5 Å². The molecule has 1 saturated heterocycles. The summed E-state index contributed by atoms with van der Waals surface area (Å²) in [6.07, 6.45) is 0. The molecule has 1 aliphatic heterocycles. The third kappa shape index (κ3) is 3.70. The summed E-state index contributed by atoms with van der Waals surface area (Å²) in [5.41, 5.74) is 6.99. The second kappa shape index (κ2) is 6.73. The molecule has 1 fully saturated rings. The second-order valence-corrected chi connectivity index (χ2v) is 4.63. The van der Waals surface area contributed by atoms with Gasteiger partial charge in [0.15, 0.2) is 0 Å². The maximum Gasteiger partial charge on any atom is 0.124 e. The highest BCUT2D eigenvalue weighted by molar-refractivity contribution is 5.35. The van der Waals surface area contributed by atoms with Gasteiger partial charge in [0.25, 0.3) is 0 Å². The van der Waals surface area contributed by atoms with Gasteiger partial charge in [0, 0.05) is 31.2 Å². The predicted octanol–water partition coefficient (Wildman–Crippen LogP) is 1.42. The van der Waals surface area contributed by atoms with E-state index in [0.29, 0.717) is 6.61 Å². The fourth-order valence-electron chi connectivity index (χ4n) is 2.10. The zero-order chi connectivity index (χ0) is 12.8. The van der Waals surface area contributed by atoms with Crippen LogP contribution in [0.3, 0.4) is 0 Å². The summed E-state index contributed by atoms with van der Waals surface area (Å²) >= 11 is 0. The molecule has 100 valence electrons. The van der Waals surface area contributed by atoms with Gasteiger partial charge in [-0.25, -0.2) is 0 Å². The Kier molecular flexibility index (Phi) is 4.99. The van der Waals surface area contributed by atoms with E-state index >= 15 is 0 Å². The average Bonchev–Trinajstić information content (AvgIpc) is 2.40. The Balaban J connectivity index is 1.82. The van der Waals surface area contributed by atoms with Crippen LogP contribution in [0.1, 0.15) is 18.5 Å². The maximum atomic E-state index is 5.92. The molecule has 1 atom stereocenters. The molecule has 0 amide bonds. The van der Waals surface area contributed by atoms with Gasteiger partial charge in [0.2, 0.25) is 0 Å². The van der Waals surface area contributed by atoms with E-state index in [4.69, 9.17) is 15.2 Å². The number of morpholine rings is 1. The Morgan fingerprint density at radius 1 is 1.33 bits per heavy atom. The largest absolute Gasteiger partial charge is 0.492 e. The van der Waals surface area contributed by atoms with Gasteiger partial charge < -0.3 is 15.2 Å². The van der Waals surface area contributed by atoms with E-state index in [1.54, 1.807) is 0 Å². The highest BCUT2D eigenvalue weighted by Gasteiger charge is 2.11. The molecule has 0 spiro atoms. The van der Waals surface area contributed by atoms with Crippen molar-refractivity contribution in [1.29, 1.82) is 0 Å². The standard InChI is InChI=1S/C14H22N2O2/c1-12(15)13-4-2-3-5-14(13)18-11-8-16-6-9-17-10-7-16/h2-5,12H,6-11,15H2,1H3. The first kappa shape index (κ1) is 13.3. The normalized spacial score (nSPS) is 18.6. The van der Waals surface area contributed by atoms with Gasteiger partial charge in [0.05, 0.1) is 13.2 Å². The van der Waals surface area contributed by atoms with Crippen molar-refractivity contribution in [2.24, 2.45) is 5.73 Å². The molecule has 4 heteroatoms. The lowest BCUT2D eigenvalue weighted by molar-refractivity contribution is 0.0322. The van der Waals surface area contributed by atoms with E-state index in [2.05, 4.69) is 4.90 Å². The van der Waals surface area contributed by atoms with Crippen molar-refractivity contribution in [2.45, 2.75) is 13.0 Å². The molecule has 0 aliphatic carbocycles. The van der Waals surface area contributed by atoms with Crippen molar-refractivity contribution < 1.29 is 9.47 Å². The molecule has 2 rings (SSSR count). The molecule has 4 nitrogen and oxygen atoms in total. The molecule has 1 heterocycles. The fraction of sp³-hybridized carbons (Fsp3) is 0.571. The van der Waals surface area contributed by atoms with E-state index in [1.807, 2.05) is 31.2 Å². The summed E-state index contributed by atoms with van der Waals surface area (Å²) in [7, 11) is 0. The quantitative estimate of drug-likeness (QED) is 0.858. The highest BCUT2D eigenvalue weighted by Crippen LogP contribution is 2.22. The van der Waals surface area contributed by atoms with Crippen LogP contribution in [0.5, 0.6) is 5.75 Å². The lowest BCUT2D eigenvalue weighted by Crippen LogP contribution is -2.38. The second-order valence-electron chi connectivity index (χ2n) is 4.63. The lowest BCUT2D eigenvalue weighted by Gasteiger charge is -2.26. The minimum atomic E-state index is 0.00425. The zero-order valence-corrected chi connectivity index (χ0v) is 11.0. The van der Waals surface area contributed by atoms with E-state index in [9.17, 15) is 0 Å². The SMILES string of the molecule is CC(N)c1ccccc1OCCN1CCOCC1. The molecule has 0 radical (unpaired) electrons. The molecule has 1 aliphatic rings. The van der Waals surface area contributed by atoms with Crippen LogP contribution >= 0.6 is 0 Å². The number of ether oxygens (including phenoxy) is 2. The smallest absolute Gasteiger partial charge is 0.124 e. The van der Waals surface area contributed by atoms with Crippen LogP contribution in [0.15, 0.2) is 24.3 Å². The average molecular weight is 250 g/mol. The van der Waals surface area contributed by atoms with Gasteiger partial charge in [-0.05, 0) is 13.0 Å². The molecular weight excluding hydrogens is 228 g/mol. The summed E-state index contributed by atoms with van der Waals surface area (Å²) < 4.78 is 11.2. The van der Waals surface area contributed by atoms with Crippen molar-refractivity contribution in [3.8, 4) is 5.75 Å². The molecule has 1 aromatic carbocycles. The van der Waals surface area contributed by atoms with Crippen LogP contribution in [0.4, 0.5) is 0 Å². The number of nitrogens with two attached hydrogens (primary N) is 1. The van der Waals surface area contributed by atoms with Crippen LogP contribution < -0.4 is 10.5 Å². The number of para-hydroxylation sites is 1. The zero-order valence-electron chi connectivity index (χ0n) is 11.0. The fourth-order valence-corrected chi connectivity index (χ4v) is 2.10. The van der Waals surface area contributed by atoms with E-state index in [1.165, 1.54) is 0 Å². The van der Waals surface area contributed by atoms with Gasteiger partial charge >= 0.3 is 0 Å². The first-order valence-corrected chi connectivity index (χ1v) is 6.55. The van der Waals surface area contributed by atoms with Gasteiger partial charge in [-0.15, -0.1) is 0 Å². The summed E-state index contributed by atoms with van der Waals surface area (Å²) in [4.78, 5) is 2.36. The minimum absolute atomic E-state index is 0.00425. The van der Waals surface area contributed by atoms with Crippen molar-refractivity contribution in [3.63, 3.8) is 0 Å². The van der Waals surface area contributed by atoms with Gasteiger partial charge in [-0.2, -0.15) is 0 Å². The number of hydrogen-bond acceptors (Lipinski definition) is 4. The topological polar surface area (TPSA) is 47.7 Å². The lowest BCUT2D eigenvalue weighted by atomic mass is 10.1. The molecule has 0 aromatic heterocycles. The van der Waals surface area contributed by atoms with Gasteiger partial charge in [-0.3, -0.25) is 4.90 Å². The number of hydrogen-bond donors (Lipinski definition) is 1. The molecule has 0 bridgehead atoms. The molecule has 1 unspecified atom stereocenters. The van der Waals surface area contributed by atoms with E-state index in [-0.39, 0.29) is 6.04 Å². The predicted molar refractivity (Wildman–Crippen MR) is 71.8 cm³/mol. The number of benzene rings is 1. The van der Waals surface area contributed by atoms with Crippen LogP contribution in [-0.2, 0) is 4.74 Å². The highest BCUT2D eigenvalue weighted by atomic mass is 16.5. The van der Waals surface area contributed by atoms with E-state index < -0.39 is 0 Å². The summed E-state index contributed by atoms with van der Waals surface area (Å²) in [6.45, 7) is 7.27. The summed E-state index contributed by atoms with van der Waals surface area (Å²) in [5, 5.41) is 0. The van der Waals surface area contributed by atoms with E-state index in [0.717, 1.165) is 44.2 Å². The van der Waals surface area contributed by atoms with Crippen LogP contribution in [0.25, 0.3) is 0 Å². The third-order valence-electron chi connectivity index (χ3n) is 3.18. The summed E-state index contributed by atoms with van der Waals surface area (Å²) in [5.74, 6) is 0.903. The first-order chi connectivity index (χ1) is 8.77. The number of nitrogens with zero attached hydrogens (tertiary/aromatic N) is 1. The number of rotatable bonds is 5. The van der Waals surface area contributed by atoms with Crippen molar-refractivity contribution in [3.05, 3.63) is 29.8 Å². The Morgan fingerprint density at radius 3 is 2.78 bits per heavy atom. The summed E-state index contributed by atoms with van der Waals surface area (Å²) in [6, 6.07) is 7.99. The van der Waals surface area contributed by atoms with Gasteiger partial charge in [0.1, 0.15) is 12.4 Å². The third-order valence-corrected chi connectivity index (χ3v) is 3.18. The van der Waals surface area contributed by atoms with Gasteiger partial charge in [-0.1, -0.05) is 18.2 Å². The first-order valence-electron chi connectivity index (χ1n) is 6.55. The minimum Gasteiger partial charge on any atom is -0.492 e. The molecular formula is C14H22N2O2. The van der Waals surface area contributed by atoms with Crippen molar-refractivity contribution in [1.82, 2.24) is 4.90 Å². The maximum absolute atomic E-state index is 5.92. The Labute approximate surface area is 109 Å². The molecule has 0 saturated carbocycles. The van der Waals surface area contributed by atoms with Crippen LogP contribution in [0.2, 0.25) is 0 Å². The molecule has 18 heavy (non-hydrogen) atoms. The Hall–Kier alpha value is -1.10. The Morgan fingerprint density at radius 2 is 2.06 bits per heavy atom. The monoisotopic (exact) mass is 250 g/mol. The van der Waals surface area contributed by atoms with Crippen LogP contribution in [0, 0.1) is 0 Å². The van der Waals surface area contributed by atoms with Crippen LogP contribution in [-0.4, -0.2) is 44.4 Å². The Bertz CT molecular complexity index is 363. The van der Waals surface area contributed by atoms with Crippen molar-refractivity contribution >= 4 is 0 Å². The molecule has 1 aromatic rings. The molecule has 2 N–H and O–H groups in total.